The number of hydrogen-bond acceptors (Lipinski definition) is 4. The van der Waals surface area contributed by atoms with Gasteiger partial charge in [0.2, 0.25) is 5.91 Å². The number of nitrogens with one attached hydrogen (secondary N) is 1. The number of carbonyl (C=O) groups excluding carboxylic acids is 1. The average molecular weight is 465 g/mol. The van der Waals surface area contributed by atoms with E-state index in [1.165, 1.54) is 11.6 Å². The molecular formula is C28H33FN2O3. The van der Waals surface area contributed by atoms with Crippen molar-refractivity contribution in [2.45, 2.75) is 52.5 Å². The largest absolute Gasteiger partial charge is 0.423 e. The summed E-state index contributed by atoms with van der Waals surface area (Å²) < 4.78 is 19.2. The summed E-state index contributed by atoms with van der Waals surface area (Å²) in [4.78, 5) is 27.1. The maximum absolute atomic E-state index is 13.8. The van der Waals surface area contributed by atoms with Crippen LogP contribution in [0.25, 0.3) is 11.0 Å². The van der Waals surface area contributed by atoms with Crippen LogP contribution in [0.2, 0.25) is 0 Å². The number of aryl methyl sites for hydroxylation is 1. The Morgan fingerprint density at radius 1 is 1.15 bits per heavy atom. The van der Waals surface area contributed by atoms with E-state index >= 15 is 0 Å². The Hall–Kier alpha value is -2.99. The molecule has 6 heteroatoms. The fourth-order valence-electron chi connectivity index (χ4n) is 4.90. The van der Waals surface area contributed by atoms with Gasteiger partial charge in [0.25, 0.3) is 0 Å². The van der Waals surface area contributed by atoms with Crippen molar-refractivity contribution in [3.63, 3.8) is 0 Å². The molecule has 34 heavy (non-hydrogen) atoms. The topological polar surface area (TPSA) is 62.6 Å². The van der Waals surface area contributed by atoms with Crippen LogP contribution < -0.4 is 10.9 Å². The summed E-state index contributed by atoms with van der Waals surface area (Å²) in [6, 6.07) is 12.4. The van der Waals surface area contributed by atoms with Gasteiger partial charge in [-0.15, -0.1) is 0 Å². The van der Waals surface area contributed by atoms with Crippen molar-refractivity contribution in [3.8, 4) is 0 Å². The predicted octanol–water partition coefficient (Wildman–Crippen LogP) is 4.93. The van der Waals surface area contributed by atoms with Crippen LogP contribution in [0.4, 0.5) is 4.39 Å². The van der Waals surface area contributed by atoms with Gasteiger partial charge in [0.15, 0.2) is 0 Å². The molecule has 1 aromatic heterocycles. The summed E-state index contributed by atoms with van der Waals surface area (Å²) in [5, 5.41) is 3.96. The van der Waals surface area contributed by atoms with Gasteiger partial charge < -0.3 is 9.73 Å². The van der Waals surface area contributed by atoms with Crippen molar-refractivity contribution in [2.24, 2.45) is 5.92 Å². The van der Waals surface area contributed by atoms with E-state index in [4.69, 9.17) is 4.42 Å². The third-order valence-corrected chi connectivity index (χ3v) is 6.84. The van der Waals surface area contributed by atoms with Gasteiger partial charge in [-0.05, 0) is 85.6 Å². The smallest absolute Gasteiger partial charge is 0.336 e. The molecule has 1 aliphatic rings. The molecule has 0 radical (unpaired) electrons. The zero-order chi connectivity index (χ0) is 24.2. The molecule has 0 saturated carbocycles. The Morgan fingerprint density at radius 2 is 1.88 bits per heavy atom. The van der Waals surface area contributed by atoms with Crippen LogP contribution in [0.5, 0.6) is 0 Å². The zero-order valence-corrected chi connectivity index (χ0v) is 20.2. The van der Waals surface area contributed by atoms with Crippen molar-refractivity contribution in [1.82, 2.24) is 10.2 Å². The van der Waals surface area contributed by atoms with Crippen LogP contribution in [0.1, 0.15) is 54.9 Å². The van der Waals surface area contributed by atoms with E-state index in [1.54, 1.807) is 24.3 Å². The average Bonchev–Trinajstić information content (AvgIpc) is 2.80. The van der Waals surface area contributed by atoms with Crippen molar-refractivity contribution in [2.75, 3.05) is 19.6 Å². The van der Waals surface area contributed by atoms with Crippen LogP contribution in [-0.2, 0) is 17.8 Å². The Kier molecular flexibility index (Phi) is 7.47. The molecule has 1 saturated heterocycles. The summed E-state index contributed by atoms with van der Waals surface area (Å²) in [5.41, 5.74) is 4.28. The fourth-order valence-corrected chi connectivity index (χ4v) is 4.90. The van der Waals surface area contributed by atoms with Crippen LogP contribution in [-0.4, -0.2) is 30.4 Å². The van der Waals surface area contributed by atoms with Gasteiger partial charge in [-0.2, -0.15) is 0 Å². The molecule has 2 aromatic carbocycles. The summed E-state index contributed by atoms with van der Waals surface area (Å²) in [5.74, 6) is 0.156. The Bertz CT molecular complexity index is 1230. The molecule has 0 spiro atoms. The first-order chi connectivity index (χ1) is 16.3. The molecule has 4 rings (SSSR count). The highest BCUT2D eigenvalue weighted by Crippen LogP contribution is 2.28. The minimum atomic E-state index is -0.330. The summed E-state index contributed by atoms with van der Waals surface area (Å²) in [6.45, 7) is 9.05. The molecule has 1 fully saturated rings. The number of carbonyl (C=O) groups is 1. The summed E-state index contributed by atoms with van der Waals surface area (Å²) >= 11 is 0. The number of amides is 1. The lowest BCUT2D eigenvalue weighted by molar-refractivity contribution is -0.126. The number of fused-ring (bicyclic) bond motifs is 1. The van der Waals surface area contributed by atoms with E-state index in [9.17, 15) is 14.0 Å². The SMILES string of the molecule is Cc1cc2oc(=O)cc(CN3CCC(C(=O)NCCc4ccccc4F)CC3)c2cc1C(C)C. The van der Waals surface area contributed by atoms with Crippen LogP contribution in [0, 0.1) is 18.7 Å². The molecule has 3 aromatic rings. The second-order valence-corrected chi connectivity index (χ2v) is 9.63. The van der Waals surface area contributed by atoms with E-state index in [0.29, 0.717) is 36.6 Å². The number of hydrogen-bond donors (Lipinski definition) is 1. The minimum Gasteiger partial charge on any atom is -0.423 e. The molecule has 1 amide bonds. The second-order valence-electron chi connectivity index (χ2n) is 9.63. The fraction of sp³-hybridized carbons (Fsp3) is 0.429. The standard InChI is InChI=1S/C28H33FN2O3/c1-18(2)23-16-24-22(15-27(32)34-26(24)14-19(23)3)17-31-12-9-21(10-13-31)28(33)30-11-8-20-6-4-5-7-25(20)29/h4-7,14-16,18,21H,8-13,17H2,1-3H3,(H,30,33). The third kappa shape index (κ3) is 5.55. The molecule has 1 aliphatic heterocycles. The van der Waals surface area contributed by atoms with Crippen molar-refractivity contribution >= 4 is 16.9 Å². The molecule has 2 heterocycles. The van der Waals surface area contributed by atoms with E-state index in [1.807, 2.05) is 13.0 Å². The molecule has 0 aliphatic carbocycles. The first-order valence-electron chi connectivity index (χ1n) is 12.1. The summed E-state index contributed by atoms with van der Waals surface area (Å²) in [6.07, 6.45) is 2.02. The van der Waals surface area contributed by atoms with Crippen molar-refractivity contribution in [3.05, 3.63) is 81.0 Å². The second kappa shape index (κ2) is 10.5. The first kappa shape index (κ1) is 24.1. The van der Waals surface area contributed by atoms with Crippen LogP contribution >= 0.6 is 0 Å². The highest BCUT2D eigenvalue weighted by molar-refractivity contribution is 5.82. The van der Waals surface area contributed by atoms with Gasteiger partial charge in [-0.3, -0.25) is 9.69 Å². The lowest BCUT2D eigenvalue weighted by Gasteiger charge is -2.31. The van der Waals surface area contributed by atoms with Gasteiger partial charge in [0.1, 0.15) is 11.4 Å². The molecule has 0 atom stereocenters. The van der Waals surface area contributed by atoms with Gasteiger partial charge in [0.05, 0.1) is 0 Å². The monoisotopic (exact) mass is 464 g/mol. The number of nitrogens with zero attached hydrogens (tertiary/aromatic N) is 1. The Balaban J connectivity index is 1.35. The lowest BCUT2D eigenvalue weighted by Crippen LogP contribution is -2.40. The van der Waals surface area contributed by atoms with Gasteiger partial charge >= 0.3 is 5.63 Å². The highest BCUT2D eigenvalue weighted by Gasteiger charge is 2.25. The zero-order valence-electron chi connectivity index (χ0n) is 20.2. The highest BCUT2D eigenvalue weighted by atomic mass is 19.1. The lowest BCUT2D eigenvalue weighted by atomic mass is 9.93. The quantitative estimate of drug-likeness (QED) is 0.504. The first-order valence-corrected chi connectivity index (χ1v) is 12.1. The molecule has 1 N–H and O–H groups in total. The molecule has 180 valence electrons. The van der Waals surface area contributed by atoms with E-state index < -0.39 is 0 Å². The Morgan fingerprint density at radius 3 is 2.59 bits per heavy atom. The van der Waals surface area contributed by atoms with Gasteiger partial charge in [-0.25, -0.2) is 9.18 Å². The Labute approximate surface area is 200 Å². The minimum absolute atomic E-state index is 0.0374. The van der Waals surface area contributed by atoms with Gasteiger partial charge in [0, 0.05) is 30.5 Å². The van der Waals surface area contributed by atoms with Crippen molar-refractivity contribution in [1.29, 1.82) is 0 Å². The molecule has 0 bridgehead atoms. The molecule has 0 unspecified atom stereocenters. The number of halogens is 1. The van der Waals surface area contributed by atoms with Crippen LogP contribution in [0.15, 0.2) is 51.7 Å². The third-order valence-electron chi connectivity index (χ3n) is 6.84. The maximum atomic E-state index is 13.8. The van der Waals surface area contributed by atoms with E-state index in [-0.39, 0.29) is 23.3 Å². The van der Waals surface area contributed by atoms with Crippen LogP contribution in [0.3, 0.4) is 0 Å². The number of benzene rings is 2. The maximum Gasteiger partial charge on any atom is 0.336 e. The van der Waals surface area contributed by atoms with E-state index in [0.717, 1.165) is 42.4 Å². The molecular weight excluding hydrogens is 431 g/mol. The van der Waals surface area contributed by atoms with Gasteiger partial charge in [-0.1, -0.05) is 32.0 Å². The van der Waals surface area contributed by atoms with E-state index in [2.05, 4.69) is 30.1 Å². The predicted molar refractivity (Wildman–Crippen MR) is 132 cm³/mol. The normalized spacial score (nSPS) is 15.2. The summed E-state index contributed by atoms with van der Waals surface area (Å²) in [7, 11) is 0. The van der Waals surface area contributed by atoms with Crippen molar-refractivity contribution < 1.29 is 13.6 Å². The molecule has 5 nitrogen and oxygen atoms in total. The number of likely N-dealkylation sites (tertiary alicyclic amines) is 1. The number of rotatable bonds is 7. The number of piperidine rings is 1.